The number of rotatable bonds is 18. The van der Waals surface area contributed by atoms with Gasteiger partial charge in [-0.1, -0.05) is 26.7 Å². The van der Waals surface area contributed by atoms with E-state index in [1.165, 1.54) is 9.13 Å². The summed E-state index contributed by atoms with van der Waals surface area (Å²) in [4.78, 5) is 79.1. The molecule has 0 fully saturated rings. The number of benzene rings is 2. The SMILES string of the molecule is CCCCn1c2nc(=O)n(CCCC[n+]3ccc(-c4ccncc4)cc3)c(=O)c-2nc2cc(C)c(C)cc21.CCCCn1c2nc(=O)n(CCCC[n+]3ccc(-c4ccncc4)cc3)c(=O)c-2nc2cc(C)c(C)cc21.[I-].[I-]. The lowest BCUT2D eigenvalue weighted by Crippen LogP contribution is -3.00. The van der Waals surface area contributed by atoms with Gasteiger partial charge in [0.2, 0.25) is 0 Å². The molecule has 0 aliphatic carbocycles. The highest BCUT2D eigenvalue weighted by molar-refractivity contribution is 5.82. The summed E-state index contributed by atoms with van der Waals surface area (Å²) < 4.78 is 10.7. The number of hydrogen-bond donors (Lipinski definition) is 0. The largest absolute Gasteiger partial charge is 1.00 e. The van der Waals surface area contributed by atoms with Crippen molar-refractivity contribution in [2.24, 2.45) is 0 Å². The Balaban J connectivity index is 0.000000220. The van der Waals surface area contributed by atoms with Crippen molar-refractivity contribution in [3.8, 4) is 45.3 Å². The van der Waals surface area contributed by atoms with E-state index in [4.69, 9.17) is 9.97 Å². The van der Waals surface area contributed by atoms with Crippen LogP contribution in [-0.2, 0) is 39.3 Å². The van der Waals surface area contributed by atoms with Crippen LogP contribution in [-0.4, -0.2) is 48.2 Å². The lowest BCUT2D eigenvalue weighted by atomic mass is 10.1. The molecule has 4 aliphatic rings. The van der Waals surface area contributed by atoms with Crippen LogP contribution in [0.5, 0.6) is 0 Å². The summed E-state index contributed by atoms with van der Waals surface area (Å²) in [5.41, 5.74) is 11.2. The Hall–Kier alpha value is -6.94. The zero-order valence-electron chi connectivity index (χ0n) is 45.2. The van der Waals surface area contributed by atoms with Crippen LogP contribution in [0.4, 0.5) is 0 Å². The lowest BCUT2D eigenvalue weighted by Gasteiger charge is -2.18. The van der Waals surface area contributed by atoms with Gasteiger partial charge in [-0.25, -0.2) is 28.7 Å². The maximum Gasteiger partial charge on any atom is 0.352 e. The van der Waals surface area contributed by atoms with Gasteiger partial charge in [-0.15, -0.1) is 0 Å². The lowest BCUT2D eigenvalue weighted by molar-refractivity contribution is -0.697. The van der Waals surface area contributed by atoms with Crippen molar-refractivity contribution in [2.75, 3.05) is 0 Å². The minimum absolute atomic E-state index is 0. The Morgan fingerprint density at radius 2 is 0.744 bits per heavy atom. The molecular weight excluding hydrogens is 1210 g/mol. The average molecular weight is 1270 g/mol. The number of fused-ring (bicyclic) bond motifs is 4. The number of hydrogen-bond acceptors (Lipinski definition) is 10. The first-order valence-electron chi connectivity index (χ1n) is 26.6. The first-order valence-corrected chi connectivity index (χ1v) is 26.6. The molecule has 4 aliphatic heterocycles. The van der Waals surface area contributed by atoms with Crippen molar-refractivity contribution in [1.82, 2.24) is 48.2 Å². The molecule has 0 unspecified atom stereocenters. The van der Waals surface area contributed by atoms with Crippen LogP contribution in [0.25, 0.3) is 67.4 Å². The Morgan fingerprint density at radius 3 is 1.10 bits per heavy atom. The van der Waals surface area contributed by atoms with E-state index >= 15 is 0 Å². The van der Waals surface area contributed by atoms with E-state index in [9.17, 15) is 19.2 Å². The molecule has 0 atom stereocenters. The molecule has 0 bridgehead atoms. The Morgan fingerprint density at radius 1 is 0.410 bits per heavy atom. The molecule has 0 amide bonds. The van der Waals surface area contributed by atoms with Gasteiger partial charge in [-0.05, 0) is 146 Å². The summed E-state index contributed by atoms with van der Waals surface area (Å²) in [7, 11) is 0. The third-order valence-corrected chi connectivity index (χ3v) is 14.3. The van der Waals surface area contributed by atoms with Gasteiger partial charge in [-0.2, -0.15) is 9.97 Å². The molecule has 404 valence electrons. The standard InChI is InChI=1S/2C30H33N6O2.2HI/c2*1-4-5-15-35-26-20-22(3)21(2)19-25(26)32-27-28(35)33-30(38)36(29(27)37)16-7-6-14-34-17-10-24(11-18-34)23-8-12-31-13-9-23;;/h2*8-13,17-20H,4-7,14-16H2,1-3H3;2*1H/q2*+1;;/p-2. The van der Waals surface area contributed by atoms with Gasteiger partial charge < -0.3 is 57.1 Å². The number of aryl methyl sites for hydroxylation is 8. The molecule has 10 rings (SSSR count). The molecule has 78 heavy (non-hydrogen) atoms. The van der Waals surface area contributed by atoms with Gasteiger partial charge in [-0.3, -0.25) is 28.7 Å². The smallest absolute Gasteiger partial charge is 0.352 e. The van der Waals surface area contributed by atoms with Crippen LogP contribution in [0.1, 0.15) is 87.5 Å². The quantitative estimate of drug-likeness (QED) is 0.0539. The van der Waals surface area contributed by atoms with Crippen molar-refractivity contribution < 1.29 is 57.1 Å². The molecule has 0 N–H and O–H groups in total. The zero-order valence-corrected chi connectivity index (χ0v) is 49.5. The zero-order chi connectivity index (χ0) is 53.3. The van der Waals surface area contributed by atoms with Crippen LogP contribution < -0.4 is 79.6 Å². The Labute approximate surface area is 487 Å². The highest BCUT2D eigenvalue weighted by atomic mass is 127. The van der Waals surface area contributed by atoms with Crippen molar-refractivity contribution in [3.63, 3.8) is 0 Å². The molecule has 18 heteroatoms. The minimum atomic E-state index is -0.507. The van der Waals surface area contributed by atoms with Crippen molar-refractivity contribution in [1.29, 1.82) is 0 Å². The summed E-state index contributed by atoms with van der Waals surface area (Å²) in [6, 6.07) is 24.4. The summed E-state index contributed by atoms with van der Waals surface area (Å²) in [6.07, 6.45) is 22.2. The highest BCUT2D eigenvalue weighted by Crippen LogP contribution is 2.26. The third kappa shape index (κ3) is 13.3. The summed E-state index contributed by atoms with van der Waals surface area (Å²) >= 11 is 0. The minimum Gasteiger partial charge on any atom is -1.00 e. The topological polar surface area (TPSA) is 173 Å². The van der Waals surface area contributed by atoms with Crippen molar-refractivity contribution in [3.05, 3.63) is 186 Å². The Kier molecular flexibility index (Phi) is 20.4. The third-order valence-electron chi connectivity index (χ3n) is 14.3. The Bertz CT molecular complexity index is 3580. The summed E-state index contributed by atoms with van der Waals surface area (Å²) in [5.74, 6) is 0.760. The van der Waals surface area contributed by atoms with E-state index in [1.54, 1.807) is 24.8 Å². The predicted molar refractivity (Wildman–Crippen MR) is 296 cm³/mol. The predicted octanol–water partition coefficient (Wildman–Crippen LogP) is 2.62. The van der Waals surface area contributed by atoms with Crippen LogP contribution in [0, 0.1) is 27.7 Å². The van der Waals surface area contributed by atoms with Gasteiger partial charge in [0.1, 0.15) is 13.1 Å². The number of nitrogens with zero attached hydrogens (tertiary/aromatic N) is 12. The number of halogens is 2. The first-order chi connectivity index (χ1) is 36.9. The molecule has 0 radical (unpaired) electrons. The number of pyridine rings is 4. The van der Waals surface area contributed by atoms with E-state index in [1.807, 2.05) is 84.2 Å². The fourth-order valence-electron chi connectivity index (χ4n) is 9.55. The fourth-order valence-corrected chi connectivity index (χ4v) is 9.55. The molecule has 0 spiro atoms. The highest BCUT2D eigenvalue weighted by Gasteiger charge is 2.24. The van der Waals surface area contributed by atoms with Crippen molar-refractivity contribution in [2.45, 2.75) is 132 Å². The van der Waals surface area contributed by atoms with Crippen LogP contribution in [0.15, 0.2) is 142 Å². The number of aromatic nitrogens is 12. The van der Waals surface area contributed by atoms with E-state index < -0.39 is 11.4 Å². The van der Waals surface area contributed by atoms with Gasteiger partial charge in [0.15, 0.2) is 47.8 Å². The summed E-state index contributed by atoms with van der Waals surface area (Å²) in [6.45, 7) is 16.0. The average Bonchev–Trinajstić information content (AvgIpc) is 3.56. The molecule has 2 aromatic carbocycles. The molecule has 6 aromatic rings. The van der Waals surface area contributed by atoms with Gasteiger partial charge in [0.25, 0.3) is 11.1 Å². The second-order valence-electron chi connectivity index (χ2n) is 19.7. The van der Waals surface area contributed by atoms with Gasteiger partial charge in [0, 0.05) is 88.1 Å². The van der Waals surface area contributed by atoms with E-state index in [-0.39, 0.29) is 70.5 Å². The molecule has 16 nitrogen and oxygen atoms in total. The van der Waals surface area contributed by atoms with Gasteiger partial charge >= 0.3 is 11.4 Å². The molecule has 0 saturated carbocycles. The van der Waals surface area contributed by atoms with E-state index in [0.29, 0.717) is 50.7 Å². The van der Waals surface area contributed by atoms with Crippen LogP contribution >= 0.6 is 0 Å². The second kappa shape index (κ2) is 27.1. The van der Waals surface area contributed by atoms with Crippen molar-refractivity contribution >= 4 is 22.1 Å². The number of unbranched alkanes of at least 4 members (excludes halogenated alkanes) is 4. The summed E-state index contributed by atoms with van der Waals surface area (Å²) in [5, 5.41) is 0. The van der Waals surface area contributed by atoms with E-state index in [2.05, 4.69) is 93.2 Å². The first kappa shape index (κ1) is 58.7. The van der Waals surface area contributed by atoms with Crippen LogP contribution in [0.3, 0.4) is 0 Å². The molecule has 8 heterocycles. The maximum atomic E-state index is 13.4. The second-order valence-corrected chi connectivity index (χ2v) is 19.7. The van der Waals surface area contributed by atoms with E-state index in [0.717, 1.165) is 118 Å². The normalized spacial score (nSPS) is 11.2. The molecular formula is C60H66I2N12O4. The molecule has 4 aromatic heterocycles. The van der Waals surface area contributed by atoms with Gasteiger partial charge in [0.05, 0.1) is 22.1 Å². The fraction of sp³-hybridized carbons (Fsp3) is 0.333. The monoisotopic (exact) mass is 1270 g/mol. The molecule has 0 saturated heterocycles. The van der Waals surface area contributed by atoms with Crippen LogP contribution in [0.2, 0.25) is 0 Å². The maximum absolute atomic E-state index is 13.4.